The van der Waals surface area contributed by atoms with E-state index in [1.807, 2.05) is 6.07 Å². The molecule has 1 aliphatic rings. The predicted octanol–water partition coefficient (Wildman–Crippen LogP) is 2.31. The van der Waals surface area contributed by atoms with Crippen molar-refractivity contribution in [3.05, 3.63) is 47.4 Å². The van der Waals surface area contributed by atoms with Crippen molar-refractivity contribution in [3.63, 3.8) is 0 Å². The van der Waals surface area contributed by atoms with E-state index in [1.165, 1.54) is 6.07 Å². The predicted molar refractivity (Wildman–Crippen MR) is 80.7 cm³/mol. The highest BCUT2D eigenvalue weighted by Crippen LogP contribution is 2.24. The SMILES string of the molecule is CCCc1nc(CN2CCNCC2c2cccc(F)c2)no1. The molecule has 0 radical (unpaired) electrons. The molecule has 1 atom stereocenters. The molecule has 3 rings (SSSR count). The summed E-state index contributed by atoms with van der Waals surface area (Å²) in [4.78, 5) is 6.70. The second-order valence-electron chi connectivity index (χ2n) is 5.60. The lowest BCUT2D eigenvalue weighted by atomic mass is 10.0. The number of aromatic nitrogens is 2. The lowest BCUT2D eigenvalue weighted by molar-refractivity contribution is 0.148. The van der Waals surface area contributed by atoms with Crippen molar-refractivity contribution in [2.45, 2.75) is 32.4 Å². The molecule has 5 nitrogen and oxygen atoms in total. The molecular formula is C16H21FN4O. The van der Waals surface area contributed by atoms with Gasteiger partial charge in [0.2, 0.25) is 5.89 Å². The van der Waals surface area contributed by atoms with Crippen LogP contribution in [0, 0.1) is 5.82 Å². The van der Waals surface area contributed by atoms with E-state index in [0.29, 0.717) is 18.3 Å². The summed E-state index contributed by atoms with van der Waals surface area (Å²) in [6.07, 6.45) is 1.79. The molecule has 1 aromatic heterocycles. The second-order valence-corrected chi connectivity index (χ2v) is 5.60. The first kappa shape index (κ1) is 15.1. The molecule has 1 unspecified atom stereocenters. The van der Waals surface area contributed by atoms with Crippen LogP contribution in [0.15, 0.2) is 28.8 Å². The molecule has 0 saturated carbocycles. The van der Waals surface area contributed by atoms with Gasteiger partial charge in [-0.25, -0.2) is 4.39 Å². The van der Waals surface area contributed by atoms with Gasteiger partial charge in [-0.2, -0.15) is 4.98 Å². The zero-order valence-corrected chi connectivity index (χ0v) is 12.8. The number of benzene rings is 1. The maximum atomic E-state index is 13.5. The summed E-state index contributed by atoms with van der Waals surface area (Å²) in [7, 11) is 0. The Morgan fingerprint density at radius 3 is 3.18 bits per heavy atom. The van der Waals surface area contributed by atoms with Gasteiger partial charge >= 0.3 is 0 Å². The van der Waals surface area contributed by atoms with E-state index in [-0.39, 0.29) is 11.9 Å². The van der Waals surface area contributed by atoms with E-state index in [4.69, 9.17) is 4.52 Å². The van der Waals surface area contributed by atoms with Crippen LogP contribution in [0.5, 0.6) is 0 Å². The maximum Gasteiger partial charge on any atom is 0.226 e. The van der Waals surface area contributed by atoms with Crippen molar-refractivity contribution in [1.82, 2.24) is 20.4 Å². The summed E-state index contributed by atoms with van der Waals surface area (Å²) >= 11 is 0. The molecule has 6 heteroatoms. The lowest BCUT2D eigenvalue weighted by Gasteiger charge is -2.35. The Bertz CT molecular complexity index is 616. The monoisotopic (exact) mass is 304 g/mol. The van der Waals surface area contributed by atoms with Crippen molar-refractivity contribution in [2.75, 3.05) is 19.6 Å². The van der Waals surface area contributed by atoms with E-state index in [9.17, 15) is 4.39 Å². The van der Waals surface area contributed by atoms with Crippen LogP contribution in [0.2, 0.25) is 0 Å². The Morgan fingerprint density at radius 2 is 2.36 bits per heavy atom. The van der Waals surface area contributed by atoms with Gasteiger partial charge in [0.05, 0.1) is 6.54 Å². The number of hydrogen-bond donors (Lipinski definition) is 1. The van der Waals surface area contributed by atoms with E-state index in [0.717, 1.165) is 38.0 Å². The summed E-state index contributed by atoms with van der Waals surface area (Å²) < 4.78 is 18.7. The van der Waals surface area contributed by atoms with E-state index >= 15 is 0 Å². The fourth-order valence-electron chi connectivity index (χ4n) is 2.83. The van der Waals surface area contributed by atoms with Crippen LogP contribution in [-0.2, 0) is 13.0 Å². The van der Waals surface area contributed by atoms with Crippen LogP contribution in [-0.4, -0.2) is 34.7 Å². The Kier molecular flexibility index (Phi) is 4.80. The van der Waals surface area contributed by atoms with Gasteiger partial charge in [-0.15, -0.1) is 0 Å². The van der Waals surface area contributed by atoms with Gasteiger partial charge in [-0.05, 0) is 24.1 Å². The highest BCUT2D eigenvalue weighted by molar-refractivity contribution is 5.21. The zero-order chi connectivity index (χ0) is 15.4. The summed E-state index contributed by atoms with van der Waals surface area (Å²) in [5, 5.41) is 7.42. The van der Waals surface area contributed by atoms with E-state index in [2.05, 4.69) is 27.3 Å². The van der Waals surface area contributed by atoms with Crippen molar-refractivity contribution in [3.8, 4) is 0 Å². The van der Waals surface area contributed by atoms with Crippen LogP contribution < -0.4 is 5.32 Å². The van der Waals surface area contributed by atoms with Gasteiger partial charge in [0.15, 0.2) is 5.82 Å². The molecule has 1 saturated heterocycles. The third kappa shape index (κ3) is 3.51. The zero-order valence-electron chi connectivity index (χ0n) is 12.8. The molecule has 1 aromatic carbocycles. The third-order valence-corrected chi connectivity index (χ3v) is 3.91. The van der Waals surface area contributed by atoms with E-state index < -0.39 is 0 Å². The fraction of sp³-hybridized carbons (Fsp3) is 0.500. The number of nitrogens with zero attached hydrogens (tertiary/aromatic N) is 3. The summed E-state index contributed by atoms with van der Waals surface area (Å²) in [5.74, 6) is 1.19. The maximum absolute atomic E-state index is 13.5. The first-order chi connectivity index (χ1) is 10.8. The smallest absolute Gasteiger partial charge is 0.226 e. The molecule has 0 bridgehead atoms. The number of piperazine rings is 1. The molecule has 22 heavy (non-hydrogen) atoms. The molecule has 118 valence electrons. The fourth-order valence-corrected chi connectivity index (χ4v) is 2.83. The van der Waals surface area contributed by atoms with Crippen molar-refractivity contribution in [1.29, 1.82) is 0 Å². The minimum atomic E-state index is -0.201. The van der Waals surface area contributed by atoms with Gasteiger partial charge in [0, 0.05) is 32.1 Å². The third-order valence-electron chi connectivity index (χ3n) is 3.91. The molecule has 0 aliphatic carbocycles. The number of hydrogen-bond acceptors (Lipinski definition) is 5. The standard InChI is InChI=1S/C16H21FN4O/c1-2-4-16-19-15(20-22-16)11-21-8-7-18-10-14(21)12-5-3-6-13(17)9-12/h3,5-6,9,14,18H,2,4,7-8,10-11H2,1H3. The number of aryl methyl sites for hydroxylation is 1. The van der Waals surface area contributed by atoms with E-state index in [1.54, 1.807) is 12.1 Å². The molecule has 2 heterocycles. The highest BCUT2D eigenvalue weighted by atomic mass is 19.1. The van der Waals surface area contributed by atoms with Crippen molar-refractivity contribution < 1.29 is 8.91 Å². The van der Waals surface area contributed by atoms with Crippen LogP contribution in [0.4, 0.5) is 4.39 Å². The molecule has 0 spiro atoms. The van der Waals surface area contributed by atoms with Crippen LogP contribution in [0.1, 0.15) is 36.7 Å². The first-order valence-corrected chi connectivity index (χ1v) is 7.78. The summed E-state index contributed by atoms with van der Waals surface area (Å²) in [6.45, 7) is 5.28. The number of nitrogens with one attached hydrogen (secondary N) is 1. The molecular weight excluding hydrogens is 283 g/mol. The lowest BCUT2D eigenvalue weighted by Crippen LogP contribution is -2.45. The van der Waals surface area contributed by atoms with Crippen molar-refractivity contribution >= 4 is 0 Å². The first-order valence-electron chi connectivity index (χ1n) is 7.78. The molecule has 1 aliphatic heterocycles. The largest absolute Gasteiger partial charge is 0.339 e. The van der Waals surface area contributed by atoms with Crippen LogP contribution >= 0.6 is 0 Å². The summed E-state index contributed by atoms with van der Waals surface area (Å²) in [5.41, 5.74) is 0.976. The molecule has 0 amide bonds. The number of rotatable bonds is 5. The normalized spacial score (nSPS) is 19.5. The molecule has 1 fully saturated rings. The topological polar surface area (TPSA) is 54.2 Å². The highest BCUT2D eigenvalue weighted by Gasteiger charge is 2.25. The molecule has 2 aromatic rings. The van der Waals surface area contributed by atoms with Crippen LogP contribution in [0.3, 0.4) is 0 Å². The van der Waals surface area contributed by atoms with Crippen molar-refractivity contribution in [2.24, 2.45) is 0 Å². The Balaban J connectivity index is 1.74. The van der Waals surface area contributed by atoms with Gasteiger partial charge in [-0.1, -0.05) is 24.2 Å². The van der Waals surface area contributed by atoms with Gasteiger partial charge in [0.1, 0.15) is 5.82 Å². The Morgan fingerprint density at radius 1 is 1.45 bits per heavy atom. The number of halogens is 1. The Labute approximate surface area is 129 Å². The quantitative estimate of drug-likeness (QED) is 0.918. The average Bonchev–Trinajstić information content (AvgIpc) is 2.95. The van der Waals surface area contributed by atoms with Crippen LogP contribution in [0.25, 0.3) is 0 Å². The minimum absolute atomic E-state index is 0.123. The van der Waals surface area contributed by atoms with Gasteiger partial charge in [0.25, 0.3) is 0 Å². The Hall–Kier alpha value is -1.79. The van der Waals surface area contributed by atoms with Gasteiger partial charge in [-0.3, -0.25) is 4.90 Å². The average molecular weight is 304 g/mol. The second kappa shape index (κ2) is 6.98. The molecule has 1 N–H and O–H groups in total. The summed E-state index contributed by atoms with van der Waals surface area (Å²) in [6, 6.07) is 6.92. The minimum Gasteiger partial charge on any atom is -0.339 e. The van der Waals surface area contributed by atoms with Gasteiger partial charge < -0.3 is 9.84 Å².